The minimum absolute atomic E-state index is 0.0546. The molecule has 3 N–H and O–H groups in total. The zero-order chi connectivity index (χ0) is 11.5. The Hall–Kier alpha value is -1.10. The van der Waals surface area contributed by atoms with Gasteiger partial charge in [0.05, 0.1) is 12.0 Å². The molecule has 5 nitrogen and oxygen atoms in total. The van der Waals surface area contributed by atoms with E-state index in [9.17, 15) is 14.7 Å². The zero-order valence-corrected chi connectivity index (χ0v) is 9.24. The van der Waals surface area contributed by atoms with Gasteiger partial charge in [-0.15, -0.1) is 0 Å². The van der Waals surface area contributed by atoms with Crippen LogP contribution >= 0.6 is 0 Å². The molecule has 0 radical (unpaired) electrons. The van der Waals surface area contributed by atoms with Crippen LogP contribution in [0.2, 0.25) is 0 Å². The predicted octanol–water partition coefficient (Wildman–Crippen LogP) is -0.600. The van der Waals surface area contributed by atoms with E-state index in [1.807, 2.05) is 0 Å². The number of nitrogens with one attached hydrogen (secondary N) is 2. The van der Waals surface area contributed by atoms with Gasteiger partial charge in [-0.3, -0.25) is 9.59 Å². The van der Waals surface area contributed by atoms with E-state index in [-0.39, 0.29) is 29.8 Å². The summed E-state index contributed by atoms with van der Waals surface area (Å²) < 4.78 is 0. The fraction of sp³-hybridized carbons (Fsp3) is 0.818. The van der Waals surface area contributed by atoms with Gasteiger partial charge in [0, 0.05) is 25.4 Å². The Bertz CT molecular complexity index is 293. The molecule has 0 aromatic carbocycles. The molecule has 1 aliphatic heterocycles. The van der Waals surface area contributed by atoms with Crippen molar-refractivity contribution in [3.05, 3.63) is 0 Å². The maximum Gasteiger partial charge on any atom is 0.225 e. The highest BCUT2D eigenvalue weighted by Crippen LogP contribution is 2.24. The van der Waals surface area contributed by atoms with Gasteiger partial charge in [-0.25, -0.2) is 0 Å². The van der Waals surface area contributed by atoms with Gasteiger partial charge in [0.1, 0.15) is 0 Å². The quantitative estimate of drug-likeness (QED) is 0.601. The maximum atomic E-state index is 11.7. The van der Waals surface area contributed by atoms with Crippen LogP contribution in [0, 0.1) is 11.8 Å². The number of carbonyl (C=O) groups is 2. The Labute approximate surface area is 94.6 Å². The third-order valence-electron chi connectivity index (χ3n) is 3.51. The van der Waals surface area contributed by atoms with Crippen molar-refractivity contribution in [2.24, 2.45) is 11.8 Å². The van der Waals surface area contributed by atoms with Crippen LogP contribution in [0.3, 0.4) is 0 Å². The van der Waals surface area contributed by atoms with Crippen LogP contribution in [0.4, 0.5) is 0 Å². The van der Waals surface area contributed by atoms with Gasteiger partial charge >= 0.3 is 0 Å². The van der Waals surface area contributed by atoms with Crippen molar-refractivity contribution in [1.82, 2.24) is 10.6 Å². The SMILES string of the molecule is O=C1CC(C(=O)NCC2CCCC2O)CN1. The van der Waals surface area contributed by atoms with Crippen LogP contribution in [-0.4, -0.2) is 36.1 Å². The summed E-state index contributed by atoms with van der Waals surface area (Å²) in [6.07, 6.45) is 2.86. The highest BCUT2D eigenvalue weighted by molar-refractivity contribution is 5.89. The van der Waals surface area contributed by atoms with Crippen molar-refractivity contribution >= 4 is 11.8 Å². The van der Waals surface area contributed by atoms with Crippen LogP contribution < -0.4 is 10.6 Å². The average molecular weight is 226 g/mol. The molecule has 0 aromatic heterocycles. The maximum absolute atomic E-state index is 11.7. The van der Waals surface area contributed by atoms with E-state index < -0.39 is 0 Å². The molecular weight excluding hydrogens is 208 g/mol. The lowest BCUT2D eigenvalue weighted by Crippen LogP contribution is -2.37. The highest BCUT2D eigenvalue weighted by atomic mass is 16.3. The molecule has 5 heteroatoms. The lowest BCUT2D eigenvalue weighted by atomic mass is 10.0. The Balaban J connectivity index is 1.73. The molecule has 0 aromatic rings. The van der Waals surface area contributed by atoms with Gasteiger partial charge < -0.3 is 15.7 Å². The number of aliphatic hydroxyl groups is 1. The summed E-state index contributed by atoms with van der Waals surface area (Å²) in [7, 11) is 0. The number of hydrogen-bond acceptors (Lipinski definition) is 3. The monoisotopic (exact) mass is 226 g/mol. The summed E-state index contributed by atoms with van der Waals surface area (Å²) in [5.74, 6) is -0.168. The van der Waals surface area contributed by atoms with Crippen molar-refractivity contribution in [3.63, 3.8) is 0 Å². The standard InChI is InChI=1S/C11H18N2O3/c14-9-3-1-2-7(9)5-13-11(16)8-4-10(15)12-6-8/h7-9,14H,1-6H2,(H,12,15)(H,13,16). The zero-order valence-electron chi connectivity index (χ0n) is 9.24. The van der Waals surface area contributed by atoms with Crippen molar-refractivity contribution in [1.29, 1.82) is 0 Å². The summed E-state index contributed by atoms with van der Waals surface area (Å²) in [4.78, 5) is 22.6. The van der Waals surface area contributed by atoms with Crippen LogP contribution in [0.1, 0.15) is 25.7 Å². The minimum Gasteiger partial charge on any atom is -0.393 e. The molecule has 16 heavy (non-hydrogen) atoms. The van der Waals surface area contributed by atoms with Crippen molar-refractivity contribution in [2.75, 3.05) is 13.1 Å². The van der Waals surface area contributed by atoms with Gasteiger partial charge in [-0.05, 0) is 12.8 Å². The molecule has 1 saturated heterocycles. The third kappa shape index (κ3) is 2.52. The van der Waals surface area contributed by atoms with E-state index in [0.29, 0.717) is 19.5 Å². The molecule has 0 spiro atoms. The van der Waals surface area contributed by atoms with E-state index in [1.54, 1.807) is 0 Å². The van der Waals surface area contributed by atoms with Crippen LogP contribution in [0.15, 0.2) is 0 Å². The highest BCUT2D eigenvalue weighted by Gasteiger charge is 2.30. The number of hydrogen-bond donors (Lipinski definition) is 3. The molecule has 2 aliphatic rings. The molecule has 2 amide bonds. The molecule has 0 bridgehead atoms. The van der Waals surface area contributed by atoms with Crippen molar-refractivity contribution in [2.45, 2.75) is 31.8 Å². The predicted molar refractivity (Wildman–Crippen MR) is 57.5 cm³/mol. The average Bonchev–Trinajstić information content (AvgIpc) is 2.84. The summed E-state index contributed by atoms with van der Waals surface area (Å²) in [5.41, 5.74) is 0. The Morgan fingerprint density at radius 1 is 1.50 bits per heavy atom. The van der Waals surface area contributed by atoms with Gasteiger partial charge in [0.15, 0.2) is 0 Å². The first-order chi connectivity index (χ1) is 7.66. The summed E-state index contributed by atoms with van der Waals surface area (Å²) in [6, 6.07) is 0. The minimum atomic E-state index is -0.274. The lowest BCUT2D eigenvalue weighted by molar-refractivity contribution is -0.126. The Kier molecular flexibility index (Phi) is 3.43. The third-order valence-corrected chi connectivity index (χ3v) is 3.51. The molecule has 2 rings (SSSR count). The normalized spacial score (nSPS) is 33.8. The smallest absolute Gasteiger partial charge is 0.225 e. The fourth-order valence-corrected chi connectivity index (χ4v) is 2.42. The second-order valence-electron chi connectivity index (χ2n) is 4.71. The van der Waals surface area contributed by atoms with E-state index in [4.69, 9.17) is 0 Å². The Morgan fingerprint density at radius 2 is 2.31 bits per heavy atom. The molecule has 1 aliphatic carbocycles. The summed E-state index contributed by atoms with van der Waals surface area (Å²) in [5, 5.41) is 15.1. The van der Waals surface area contributed by atoms with Crippen molar-refractivity contribution < 1.29 is 14.7 Å². The second kappa shape index (κ2) is 4.82. The first-order valence-corrected chi connectivity index (χ1v) is 5.89. The summed E-state index contributed by atoms with van der Waals surface area (Å²) >= 11 is 0. The van der Waals surface area contributed by atoms with E-state index >= 15 is 0 Å². The van der Waals surface area contributed by atoms with Crippen LogP contribution in [-0.2, 0) is 9.59 Å². The number of rotatable bonds is 3. The first-order valence-electron chi connectivity index (χ1n) is 5.89. The van der Waals surface area contributed by atoms with Gasteiger partial charge in [0.2, 0.25) is 11.8 Å². The van der Waals surface area contributed by atoms with Gasteiger partial charge in [-0.1, -0.05) is 6.42 Å². The van der Waals surface area contributed by atoms with Gasteiger partial charge in [0.25, 0.3) is 0 Å². The largest absolute Gasteiger partial charge is 0.393 e. The second-order valence-corrected chi connectivity index (χ2v) is 4.71. The summed E-state index contributed by atoms with van der Waals surface area (Å²) in [6.45, 7) is 0.975. The molecule has 90 valence electrons. The molecule has 3 unspecified atom stereocenters. The number of aliphatic hydroxyl groups excluding tert-OH is 1. The molecule has 3 atom stereocenters. The van der Waals surface area contributed by atoms with E-state index in [2.05, 4.69) is 10.6 Å². The molecular formula is C11H18N2O3. The fourth-order valence-electron chi connectivity index (χ4n) is 2.42. The van der Waals surface area contributed by atoms with E-state index in [1.165, 1.54) is 0 Å². The number of amides is 2. The molecule has 1 heterocycles. The topological polar surface area (TPSA) is 78.4 Å². The van der Waals surface area contributed by atoms with E-state index in [0.717, 1.165) is 19.3 Å². The first kappa shape index (κ1) is 11.4. The lowest BCUT2D eigenvalue weighted by Gasteiger charge is -2.16. The van der Waals surface area contributed by atoms with Crippen molar-refractivity contribution in [3.8, 4) is 0 Å². The van der Waals surface area contributed by atoms with Crippen LogP contribution in [0.5, 0.6) is 0 Å². The van der Waals surface area contributed by atoms with Gasteiger partial charge in [-0.2, -0.15) is 0 Å². The van der Waals surface area contributed by atoms with Crippen LogP contribution in [0.25, 0.3) is 0 Å². The number of carbonyl (C=O) groups excluding carboxylic acids is 2. The Morgan fingerprint density at radius 3 is 2.88 bits per heavy atom. The molecule has 1 saturated carbocycles. The molecule has 2 fully saturated rings.